The summed E-state index contributed by atoms with van der Waals surface area (Å²) < 4.78 is 5.78. The molecule has 0 radical (unpaired) electrons. The molecule has 4 nitrogen and oxygen atoms in total. The van der Waals surface area contributed by atoms with Crippen LogP contribution in [0.3, 0.4) is 0 Å². The summed E-state index contributed by atoms with van der Waals surface area (Å²) in [6, 6.07) is 15.0. The molecule has 1 N–H and O–H groups in total. The summed E-state index contributed by atoms with van der Waals surface area (Å²) in [5, 5.41) is 4.52. The van der Waals surface area contributed by atoms with Crippen molar-refractivity contribution in [3.63, 3.8) is 0 Å². The highest BCUT2D eigenvalue weighted by Crippen LogP contribution is 2.19. The number of rotatable bonds is 6. The van der Waals surface area contributed by atoms with Crippen LogP contribution < -0.4 is 10.2 Å². The number of amides is 1. The second-order valence-electron chi connectivity index (χ2n) is 5.83. The number of aryl methyl sites for hydroxylation is 1. The van der Waals surface area contributed by atoms with E-state index in [1.165, 1.54) is 11.8 Å². The maximum absolute atomic E-state index is 12.3. The van der Waals surface area contributed by atoms with Crippen LogP contribution >= 0.6 is 11.6 Å². The van der Waals surface area contributed by atoms with Crippen LogP contribution in [0.2, 0.25) is 5.02 Å². The number of nitrogens with one attached hydrogen (secondary N) is 1. The lowest BCUT2D eigenvalue weighted by Gasteiger charge is -2.24. The molecule has 0 aromatic heterocycles. The van der Waals surface area contributed by atoms with Gasteiger partial charge in [0.25, 0.3) is 5.91 Å². The fourth-order valence-electron chi connectivity index (χ4n) is 2.01. The van der Waals surface area contributed by atoms with Crippen LogP contribution in [0.25, 0.3) is 0 Å². The molecule has 0 saturated carbocycles. The summed E-state index contributed by atoms with van der Waals surface area (Å²) in [7, 11) is 0. The molecule has 5 heteroatoms. The van der Waals surface area contributed by atoms with Crippen LogP contribution in [-0.2, 0) is 11.2 Å². The fraction of sp³-hybridized carbons (Fsp3) is 0.263. The van der Waals surface area contributed by atoms with Gasteiger partial charge in [0.15, 0.2) is 5.60 Å². The van der Waals surface area contributed by atoms with Crippen molar-refractivity contribution in [3.8, 4) is 5.75 Å². The maximum atomic E-state index is 12.3. The lowest BCUT2D eigenvalue weighted by molar-refractivity contribution is -0.134. The van der Waals surface area contributed by atoms with Gasteiger partial charge in [-0.3, -0.25) is 4.79 Å². The van der Waals surface area contributed by atoms with Gasteiger partial charge in [-0.05, 0) is 44.0 Å². The second kappa shape index (κ2) is 7.97. The summed E-state index contributed by atoms with van der Waals surface area (Å²) in [5.41, 5.74) is 3.38. The Bertz CT molecular complexity index is 724. The molecule has 24 heavy (non-hydrogen) atoms. The Hall–Kier alpha value is -2.33. The molecule has 0 aliphatic heterocycles. The quantitative estimate of drug-likeness (QED) is 0.630. The van der Waals surface area contributed by atoms with E-state index in [0.29, 0.717) is 10.8 Å². The van der Waals surface area contributed by atoms with Gasteiger partial charge in [-0.25, -0.2) is 5.43 Å². The van der Waals surface area contributed by atoms with Crippen molar-refractivity contribution >= 4 is 23.7 Å². The number of carbonyl (C=O) groups excluding carboxylic acids is 1. The van der Waals surface area contributed by atoms with E-state index in [2.05, 4.69) is 17.5 Å². The van der Waals surface area contributed by atoms with Gasteiger partial charge >= 0.3 is 0 Å². The average Bonchev–Trinajstić information content (AvgIpc) is 2.57. The van der Waals surface area contributed by atoms with Gasteiger partial charge in [-0.15, -0.1) is 0 Å². The lowest BCUT2D eigenvalue weighted by Crippen LogP contribution is -2.44. The lowest BCUT2D eigenvalue weighted by atomic mass is 10.1. The molecule has 0 fully saturated rings. The van der Waals surface area contributed by atoms with Crippen molar-refractivity contribution in [2.75, 3.05) is 0 Å². The van der Waals surface area contributed by atoms with Crippen LogP contribution in [-0.4, -0.2) is 17.7 Å². The smallest absolute Gasteiger partial charge is 0.283 e. The Morgan fingerprint density at radius 2 is 1.88 bits per heavy atom. The fourth-order valence-corrected chi connectivity index (χ4v) is 2.19. The molecule has 0 saturated heterocycles. The maximum Gasteiger partial charge on any atom is 0.283 e. The normalized spacial score (nSPS) is 11.5. The number of hydrogen-bond acceptors (Lipinski definition) is 3. The van der Waals surface area contributed by atoms with E-state index >= 15 is 0 Å². The highest BCUT2D eigenvalue weighted by molar-refractivity contribution is 6.33. The number of nitrogens with zero attached hydrogens (tertiary/aromatic N) is 1. The van der Waals surface area contributed by atoms with Gasteiger partial charge in [-0.2, -0.15) is 5.10 Å². The Balaban J connectivity index is 1.97. The number of benzene rings is 2. The number of carbonyl (C=O) groups is 1. The monoisotopic (exact) mass is 344 g/mol. The van der Waals surface area contributed by atoms with Crippen LogP contribution in [0.5, 0.6) is 5.75 Å². The largest absolute Gasteiger partial charge is 0.478 e. The topological polar surface area (TPSA) is 50.7 Å². The first-order valence-electron chi connectivity index (χ1n) is 7.78. The molecule has 2 aromatic carbocycles. The molecule has 0 aliphatic rings. The standard InChI is InChI=1S/C19H21ClN2O2/c1-4-14-9-11-16(12-10-14)24-19(2,3)18(23)22-21-13-15-7-5-6-8-17(15)20/h5-13H,4H2,1-3H3,(H,22,23). The SMILES string of the molecule is CCc1ccc(OC(C)(C)C(=O)NN=Cc2ccccc2Cl)cc1. The van der Waals surface area contributed by atoms with Crippen LogP contribution in [0.15, 0.2) is 53.6 Å². The third-order valence-electron chi connectivity index (χ3n) is 3.53. The molecule has 2 rings (SSSR count). The molecule has 0 unspecified atom stereocenters. The zero-order chi connectivity index (χ0) is 17.6. The van der Waals surface area contributed by atoms with E-state index in [-0.39, 0.29) is 5.91 Å². The van der Waals surface area contributed by atoms with Gasteiger partial charge in [-0.1, -0.05) is 48.9 Å². The van der Waals surface area contributed by atoms with E-state index in [1.807, 2.05) is 42.5 Å². The first-order chi connectivity index (χ1) is 11.4. The number of hydrazone groups is 1. The summed E-state index contributed by atoms with van der Waals surface area (Å²) in [6.45, 7) is 5.48. The van der Waals surface area contributed by atoms with Gasteiger partial charge in [0, 0.05) is 10.6 Å². The van der Waals surface area contributed by atoms with E-state index in [1.54, 1.807) is 19.9 Å². The average molecular weight is 345 g/mol. The van der Waals surface area contributed by atoms with Gasteiger partial charge in [0.2, 0.25) is 0 Å². The minimum absolute atomic E-state index is 0.342. The molecule has 0 bridgehead atoms. The number of hydrogen-bond donors (Lipinski definition) is 1. The number of halogens is 1. The molecule has 126 valence electrons. The van der Waals surface area contributed by atoms with Crippen molar-refractivity contribution in [3.05, 3.63) is 64.7 Å². The highest BCUT2D eigenvalue weighted by atomic mass is 35.5. The van der Waals surface area contributed by atoms with E-state index in [0.717, 1.165) is 12.0 Å². The Morgan fingerprint density at radius 3 is 2.50 bits per heavy atom. The van der Waals surface area contributed by atoms with E-state index < -0.39 is 5.60 Å². The Morgan fingerprint density at radius 1 is 1.21 bits per heavy atom. The molecular weight excluding hydrogens is 324 g/mol. The van der Waals surface area contributed by atoms with Crippen LogP contribution in [0.4, 0.5) is 0 Å². The van der Waals surface area contributed by atoms with Gasteiger partial charge in [0.05, 0.1) is 6.21 Å². The Labute approximate surface area is 147 Å². The minimum Gasteiger partial charge on any atom is -0.478 e. The van der Waals surface area contributed by atoms with E-state index in [9.17, 15) is 4.79 Å². The first kappa shape index (κ1) is 18.0. The van der Waals surface area contributed by atoms with Crippen molar-refractivity contribution in [2.24, 2.45) is 5.10 Å². The molecule has 0 heterocycles. The molecule has 2 aromatic rings. The molecule has 0 aliphatic carbocycles. The third kappa shape index (κ3) is 4.83. The highest BCUT2D eigenvalue weighted by Gasteiger charge is 2.29. The van der Waals surface area contributed by atoms with E-state index in [4.69, 9.17) is 16.3 Å². The molecule has 1 amide bonds. The van der Waals surface area contributed by atoms with Crippen LogP contribution in [0, 0.1) is 0 Å². The molecule has 0 spiro atoms. The summed E-state index contributed by atoms with van der Waals surface area (Å²) >= 11 is 6.03. The summed E-state index contributed by atoms with van der Waals surface area (Å²) in [6.07, 6.45) is 2.47. The Kier molecular flexibility index (Phi) is 5.99. The predicted molar refractivity (Wildman–Crippen MR) is 97.7 cm³/mol. The number of ether oxygens (including phenoxy) is 1. The summed E-state index contributed by atoms with van der Waals surface area (Å²) in [4.78, 5) is 12.3. The summed E-state index contributed by atoms with van der Waals surface area (Å²) in [5.74, 6) is 0.299. The zero-order valence-corrected chi connectivity index (χ0v) is 14.8. The third-order valence-corrected chi connectivity index (χ3v) is 3.87. The van der Waals surface area contributed by atoms with Crippen LogP contribution in [0.1, 0.15) is 31.9 Å². The van der Waals surface area contributed by atoms with Crippen molar-refractivity contribution in [1.29, 1.82) is 0 Å². The van der Waals surface area contributed by atoms with Crippen molar-refractivity contribution in [2.45, 2.75) is 32.8 Å². The van der Waals surface area contributed by atoms with Crippen molar-refractivity contribution in [1.82, 2.24) is 5.43 Å². The first-order valence-corrected chi connectivity index (χ1v) is 8.16. The minimum atomic E-state index is -1.05. The van der Waals surface area contributed by atoms with Crippen molar-refractivity contribution < 1.29 is 9.53 Å². The van der Waals surface area contributed by atoms with Gasteiger partial charge in [0.1, 0.15) is 5.75 Å². The molecule has 0 atom stereocenters. The second-order valence-corrected chi connectivity index (χ2v) is 6.24. The zero-order valence-electron chi connectivity index (χ0n) is 14.0. The predicted octanol–water partition coefficient (Wildman–Crippen LogP) is 4.21. The van der Waals surface area contributed by atoms with Gasteiger partial charge < -0.3 is 4.74 Å². The molecular formula is C19H21ClN2O2.